The molecule has 1 N–H and O–H groups in total. The Kier molecular flexibility index (Phi) is 4.25. The van der Waals surface area contributed by atoms with Crippen molar-refractivity contribution in [3.05, 3.63) is 58.9 Å². The number of hydrogen-bond donors (Lipinski definition) is 1. The molecule has 0 saturated heterocycles. The number of anilines is 1. The minimum Gasteiger partial charge on any atom is -0.489 e. The standard InChI is InChI=1S/C16H18FNO2/c1-11-4-6-15(18(3)19)13(8-11)10-20-16-7-5-14(17)9-12(16)2/h4-9,19H,10H2,1-3H3. The van der Waals surface area contributed by atoms with E-state index in [0.717, 1.165) is 21.8 Å². The van der Waals surface area contributed by atoms with Crippen molar-refractivity contribution in [2.75, 3.05) is 12.1 Å². The molecule has 0 saturated carbocycles. The van der Waals surface area contributed by atoms with Crippen LogP contribution in [-0.2, 0) is 6.61 Å². The maximum absolute atomic E-state index is 13.0. The summed E-state index contributed by atoms with van der Waals surface area (Å²) in [6.07, 6.45) is 0. The van der Waals surface area contributed by atoms with Crippen molar-refractivity contribution in [2.24, 2.45) is 0 Å². The molecule has 2 aromatic carbocycles. The Balaban J connectivity index is 2.20. The molecule has 2 aromatic rings. The van der Waals surface area contributed by atoms with Crippen LogP contribution in [0.25, 0.3) is 0 Å². The molecule has 0 fully saturated rings. The van der Waals surface area contributed by atoms with Crippen molar-refractivity contribution in [3.8, 4) is 5.75 Å². The average molecular weight is 275 g/mol. The first kappa shape index (κ1) is 14.3. The first-order valence-electron chi connectivity index (χ1n) is 6.38. The molecule has 0 amide bonds. The molecular formula is C16H18FNO2. The van der Waals surface area contributed by atoms with E-state index in [9.17, 15) is 9.60 Å². The molecule has 2 rings (SSSR count). The van der Waals surface area contributed by atoms with Gasteiger partial charge in [0.25, 0.3) is 0 Å². The summed E-state index contributed by atoms with van der Waals surface area (Å²) < 4.78 is 18.8. The lowest BCUT2D eigenvalue weighted by molar-refractivity contribution is 0.270. The number of benzene rings is 2. The number of ether oxygens (including phenoxy) is 1. The summed E-state index contributed by atoms with van der Waals surface area (Å²) >= 11 is 0. The summed E-state index contributed by atoms with van der Waals surface area (Å²) in [7, 11) is 1.57. The monoisotopic (exact) mass is 275 g/mol. The third-order valence-corrected chi connectivity index (χ3v) is 3.10. The molecule has 0 aromatic heterocycles. The molecule has 0 spiro atoms. The zero-order valence-electron chi connectivity index (χ0n) is 11.9. The third kappa shape index (κ3) is 3.27. The largest absolute Gasteiger partial charge is 0.489 e. The first-order chi connectivity index (χ1) is 9.47. The Morgan fingerprint density at radius 3 is 2.55 bits per heavy atom. The Labute approximate surface area is 118 Å². The molecular weight excluding hydrogens is 257 g/mol. The van der Waals surface area contributed by atoms with Crippen molar-refractivity contribution < 1.29 is 14.3 Å². The van der Waals surface area contributed by atoms with Crippen molar-refractivity contribution in [1.29, 1.82) is 0 Å². The third-order valence-electron chi connectivity index (χ3n) is 3.10. The zero-order chi connectivity index (χ0) is 14.7. The van der Waals surface area contributed by atoms with Gasteiger partial charge < -0.3 is 4.74 Å². The lowest BCUT2D eigenvalue weighted by atomic mass is 10.1. The van der Waals surface area contributed by atoms with Gasteiger partial charge in [0.2, 0.25) is 0 Å². The second-order valence-corrected chi connectivity index (χ2v) is 4.85. The van der Waals surface area contributed by atoms with Gasteiger partial charge in [-0.15, -0.1) is 0 Å². The van der Waals surface area contributed by atoms with Crippen LogP contribution in [0.2, 0.25) is 0 Å². The molecule has 0 radical (unpaired) electrons. The number of hydrogen-bond acceptors (Lipinski definition) is 3. The Morgan fingerprint density at radius 1 is 1.15 bits per heavy atom. The average Bonchev–Trinajstić information content (AvgIpc) is 2.37. The van der Waals surface area contributed by atoms with Gasteiger partial charge in [0.15, 0.2) is 0 Å². The predicted octanol–water partition coefficient (Wildman–Crippen LogP) is 3.85. The summed E-state index contributed by atoms with van der Waals surface area (Å²) in [6, 6.07) is 10.1. The summed E-state index contributed by atoms with van der Waals surface area (Å²) in [6.45, 7) is 4.09. The quantitative estimate of drug-likeness (QED) is 0.860. The van der Waals surface area contributed by atoms with Gasteiger partial charge in [-0.2, -0.15) is 0 Å². The lowest BCUT2D eigenvalue weighted by Crippen LogP contribution is -2.13. The van der Waals surface area contributed by atoms with E-state index in [1.807, 2.05) is 25.1 Å². The highest BCUT2D eigenvalue weighted by Crippen LogP contribution is 2.24. The summed E-state index contributed by atoms with van der Waals surface area (Å²) in [5.41, 5.74) is 3.40. The van der Waals surface area contributed by atoms with E-state index in [1.54, 1.807) is 20.0 Å². The van der Waals surface area contributed by atoms with Crippen molar-refractivity contribution in [3.63, 3.8) is 0 Å². The van der Waals surface area contributed by atoms with E-state index >= 15 is 0 Å². The number of rotatable bonds is 4. The van der Waals surface area contributed by atoms with E-state index in [-0.39, 0.29) is 5.82 Å². The van der Waals surface area contributed by atoms with Gasteiger partial charge >= 0.3 is 0 Å². The second-order valence-electron chi connectivity index (χ2n) is 4.85. The van der Waals surface area contributed by atoms with E-state index < -0.39 is 0 Å². The van der Waals surface area contributed by atoms with Crippen molar-refractivity contribution >= 4 is 5.69 Å². The lowest BCUT2D eigenvalue weighted by Gasteiger charge is -2.17. The van der Waals surface area contributed by atoms with E-state index in [2.05, 4.69) is 0 Å². The molecule has 106 valence electrons. The smallest absolute Gasteiger partial charge is 0.123 e. The highest BCUT2D eigenvalue weighted by atomic mass is 19.1. The number of hydroxylamine groups is 1. The highest BCUT2D eigenvalue weighted by molar-refractivity contribution is 5.52. The highest BCUT2D eigenvalue weighted by Gasteiger charge is 2.08. The minimum absolute atomic E-state index is 0.277. The van der Waals surface area contributed by atoms with Crippen LogP contribution in [0.4, 0.5) is 10.1 Å². The summed E-state index contributed by atoms with van der Waals surface area (Å²) in [4.78, 5) is 0. The zero-order valence-corrected chi connectivity index (χ0v) is 11.9. The predicted molar refractivity (Wildman–Crippen MR) is 76.8 cm³/mol. The topological polar surface area (TPSA) is 32.7 Å². The Hall–Kier alpha value is -2.07. The second kappa shape index (κ2) is 5.92. The van der Waals surface area contributed by atoms with Crippen LogP contribution in [-0.4, -0.2) is 12.3 Å². The molecule has 20 heavy (non-hydrogen) atoms. The van der Waals surface area contributed by atoms with Gasteiger partial charge in [0.1, 0.15) is 18.2 Å². The van der Waals surface area contributed by atoms with E-state index in [1.165, 1.54) is 12.1 Å². The van der Waals surface area contributed by atoms with Crippen molar-refractivity contribution in [1.82, 2.24) is 0 Å². The fraction of sp³-hybridized carbons (Fsp3) is 0.250. The molecule has 0 aliphatic heterocycles. The fourth-order valence-corrected chi connectivity index (χ4v) is 2.08. The van der Waals surface area contributed by atoms with Gasteiger partial charge in [0.05, 0.1) is 5.69 Å². The van der Waals surface area contributed by atoms with Gasteiger partial charge in [-0.25, -0.2) is 4.39 Å². The van der Waals surface area contributed by atoms with Crippen LogP contribution in [0.1, 0.15) is 16.7 Å². The van der Waals surface area contributed by atoms with Crippen LogP contribution in [0.5, 0.6) is 5.75 Å². The molecule has 3 nitrogen and oxygen atoms in total. The van der Waals surface area contributed by atoms with Gasteiger partial charge in [-0.05, 0) is 43.7 Å². The molecule has 0 bridgehead atoms. The normalized spacial score (nSPS) is 10.4. The number of halogens is 1. The molecule has 0 heterocycles. The fourth-order valence-electron chi connectivity index (χ4n) is 2.08. The van der Waals surface area contributed by atoms with E-state index in [4.69, 9.17) is 4.74 Å². The van der Waals surface area contributed by atoms with Gasteiger partial charge in [0, 0.05) is 12.6 Å². The summed E-state index contributed by atoms with van der Waals surface area (Å²) in [5, 5.41) is 10.7. The minimum atomic E-state index is -0.277. The molecule has 0 aliphatic carbocycles. The molecule has 0 aliphatic rings. The molecule has 4 heteroatoms. The maximum Gasteiger partial charge on any atom is 0.123 e. The summed E-state index contributed by atoms with van der Waals surface area (Å²) in [5.74, 6) is 0.362. The van der Waals surface area contributed by atoms with Gasteiger partial charge in [-0.3, -0.25) is 10.3 Å². The van der Waals surface area contributed by atoms with Crippen LogP contribution in [0.3, 0.4) is 0 Å². The molecule has 0 atom stereocenters. The first-order valence-corrected chi connectivity index (χ1v) is 6.38. The number of nitrogens with zero attached hydrogens (tertiary/aromatic N) is 1. The van der Waals surface area contributed by atoms with Gasteiger partial charge in [-0.1, -0.05) is 17.7 Å². The van der Waals surface area contributed by atoms with Crippen LogP contribution >= 0.6 is 0 Å². The Bertz CT molecular complexity index is 611. The van der Waals surface area contributed by atoms with Crippen LogP contribution < -0.4 is 9.80 Å². The maximum atomic E-state index is 13.0. The van der Waals surface area contributed by atoms with Crippen LogP contribution in [0.15, 0.2) is 36.4 Å². The Morgan fingerprint density at radius 2 is 1.90 bits per heavy atom. The van der Waals surface area contributed by atoms with Crippen molar-refractivity contribution in [2.45, 2.75) is 20.5 Å². The van der Waals surface area contributed by atoms with Crippen LogP contribution in [0, 0.1) is 19.7 Å². The SMILES string of the molecule is Cc1ccc(N(C)O)c(COc2ccc(F)cc2C)c1. The van der Waals surface area contributed by atoms with E-state index in [0.29, 0.717) is 18.0 Å². The number of aryl methyl sites for hydroxylation is 2. The molecule has 0 unspecified atom stereocenters.